The summed E-state index contributed by atoms with van der Waals surface area (Å²) in [7, 11) is 1.54. The van der Waals surface area contributed by atoms with Gasteiger partial charge in [-0.05, 0) is 52.3 Å². The van der Waals surface area contributed by atoms with Crippen LogP contribution in [0.25, 0.3) is 11.3 Å². The molecule has 2 aromatic carbocycles. The van der Waals surface area contributed by atoms with Crippen molar-refractivity contribution in [1.29, 1.82) is 0 Å². The van der Waals surface area contributed by atoms with E-state index in [2.05, 4.69) is 20.9 Å². The predicted molar refractivity (Wildman–Crippen MR) is 111 cm³/mol. The van der Waals surface area contributed by atoms with Crippen LogP contribution in [0.15, 0.2) is 45.5 Å². The number of hydrogen-bond acceptors (Lipinski definition) is 7. The number of aromatic nitrogens is 1. The van der Waals surface area contributed by atoms with Gasteiger partial charge < -0.3 is 24.4 Å². The first-order valence-electron chi connectivity index (χ1n) is 9.09. The topological polar surface area (TPSA) is 114 Å². The second-order valence-electron chi connectivity index (χ2n) is 6.41. The molecule has 0 fully saturated rings. The van der Waals surface area contributed by atoms with Crippen molar-refractivity contribution in [2.24, 2.45) is 5.73 Å². The highest BCUT2D eigenvalue weighted by molar-refractivity contribution is 9.10. The minimum atomic E-state index is -1.30. The molecule has 0 aliphatic heterocycles. The van der Waals surface area contributed by atoms with E-state index in [1.807, 2.05) is 0 Å². The first kappa shape index (κ1) is 23.2. The number of carbonyl (C=O) groups is 2. The Morgan fingerprint density at radius 3 is 2.47 bits per heavy atom. The Bertz CT molecular complexity index is 1150. The zero-order valence-corrected chi connectivity index (χ0v) is 18.4. The minimum absolute atomic E-state index is 0.0618. The lowest BCUT2D eigenvalue weighted by molar-refractivity contribution is -0.143. The minimum Gasteiger partial charge on any atom is -0.497 e. The van der Waals surface area contributed by atoms with Crippen LogP contribution in [0.1, 0.15) is 29.3 Å². The molecular formula is C21H17BrF2N2O6. The number of oxazole rings is 1. The quantitative estimate of drug-likeness (QED) is 0.452. The van der Waals surface area contributed by atoms with E-state index in [9.17, 15) is 18.4 Å². The zero-order valence-electron chi connectivity index (χ0n) is 16.9. The number of primary amides is 1. The van der Waals surface area contributed by atoms with Gasteiger partial charge in [0.25, 0.3) is 5.91 Å². The lowest BCUT2D eigenvalue weighted by Crippen LogP contribution is -2.20. The van der Waals surface area contributed by atoms with Crippen molar-refractivity contribution in [1.82, 2.24) is 4.98 Å². The number of halogens is 3. The SMILES string of the molecule is COc1ccc(-c2nc(C(COC(C)=O)Oc3ccc(F)c(C(N)=O)c3F)oc2Br)cc1. The Hall–Kier alpha value is -3.47. The third kappa shape index (κ3) is 5.05. The van der Waals surface area contributed by atoms with Crippen LogP contribution in [0.2, 0.25) is 0 Å². The van der Waals surface area contributed by atoms with E-state index in [4.69, 9.17) is 24.4 Å². The first-order valence-corrected chi connectivity index (χ1v) is 9.89. The van der Waals surface area contributed by atoms with Crippen molar-refractivity contribution in [2.75, 3.05) is 13.7 Å². The molecule has 3 rings (SSSR count). The van der Waals surface area contributed by atoms with Crippen molar-refractivity contribution in [3.05, 3.63) is 64.2 Å². The van der Waals surface area contributed by atoms with E-state index in [1.54, 1.807) is 24.3 Å². The number of nitrogens with two attached hydrogens (primary N) is 1. The molecule has 32 heavy (non-hydrogen) atoms. The fraction of sp³-hybridized carbons (Fsp3) is 0.190. The van der Waals surface area contributed by atoms with Crippen molar-refractivity contribution in [3.8, 4) is 22.8 Å². The zero-order chi connectivity index (χ0) is 23.4. The molecule has 3 aromatic rings. The lowest BCUT2D eigenvalue weighted by Gasteiger charge is -2.17. The molecule has 1 unspecified atom stereocenters. The molecule has 1 amide bonds. The monoisotopic (exact) mass is 510 g/mol. The molecule has 168 valence electrons. The van der Waals surface area contributed by atoms with Gasteiger partial charge in [-0.25, -0.2) is 13.8 Å². The molecule has 0 spiro atoms. The van der Waals surface area contributed by atoms with Crippen molar-refractivity contribution in [3.63, 3.8) is 0 Å². The van der Waals surface area contributed by atoms with Crippen LogP contribution in [-0.2, 0) is 9.53 Å². The summed E-state index contributed by atoms with van der Waals surface area (Å²) in [5.41, 5.74) is 5.15. The van der Waals surface area contributed by atoms with Crippen LogP contribution in [0, 0.1) is 11.6 Å². The second kappa shape index (κ2) is 9.77. The summed E-state index contributed by atoms with van der Waals surface area (Å²) in [6, 6.07) is 8.73. The average molecular weight is 511 g/mol. The fourth-order valence-electron chi connectivity index (χ4n) is 2.73. The summed E-state index contributed by atoms with van der Waals surface area (Å²) in [4.78, 5) is 27.0. The van der Waals surface area contributed by atoms with Crippen LogP contribution >= 0.6 is 15.9 Å². The van der Waals surface area contributed by atoms with E-state index < -0.39 is 47.5 Å². The highest BCUT2D eigenvalue weighted by Gasteiger charge is 2.27. The van der Waals surface area contributed by atoms with Gasteiger partial charge in [0.15, 0.2) is 16.2 Å². The summed E-state index contributed by atoms with van der Waals surface area (Å²) in [5.74, 6) is -4.29. The summed E-state index contributed by atoms with van der Waals surface area (Å²) < 4.78 is 49.9. The Balaban J connectivity index is 1.97. The van der Waals surface area contributed by atoms with Gasteiger partial charge in [-0.2, -0.15) is 0 Å². The Labute approximate surface area is 189 Å². The molecule has 1 atom stereocenters. The number of ether oxygens (including phenoxy) is 3. The number of nitrogens with zero attached hydrogens (tertiary/aromatic N) is 1. The number of hydrogen-bond donors (Lipinski definition) is 1. The van der Waals surface area contributed by atoms with Gasteiger partial charge in [0.2, 0.25) is 12.0 Å². The Kier molecular flexibility index (Phi) is 7.08. The maximum absolute atomic E-state index is 14.6. The number of esters is 1. The normalized spacial score (nSPS) is 11.7. The second-order valence-corrected chi connectivity index (χ2v) is 7.13. The molecule has 11 heteroatoms. The molecule has 0 aliphatic carbocycles. The van der Waals surface area contributed by atoms with Gasteiger partial charge in [0, 0.05) is 12.5 Å². The number of methoxy groups -OCH3 is 1. The summed E-state index contributed by atoms with van der Waals surface area (Å²) >= 11 is 3.27. The number of benzene rings is 2. The smallest absolute Gasteiger partial charge is 0.302 e. The maximum Gasteiger partial charge on any atom is 0.302 e. The van der Waals surface area contributed by atoms with E-state index in [1.165, 1.54) is 14.0 Å². The highest BCUT2D eigenvalue weighted by atomic mass is 79.9. The van der Waals surface area contributed by atoms with Gasteiger partial charge in [-0.3, -0.25) is 9.59 Å². The highest BCUT2D eigenvalue weighted by Crippen LogP contribution is 2.34. The largest absolute Gasteiger partial charge is 0.497 e. The van der Waals surface area contributed by atoms with E-state index >= 15 is 0 Å². The van der Waals surface area contributed by atoms with Crippen molar-refractivity contribution >= 4 is 27.8 Å². The molecule has 0 bridgehead atoms. The van der Waals surface area contributed by atoms with Crippen LogP contribution in [-0.4, -0.2) is 30.6 Å². The maximum atomic E-state index is 14.6. The molecule has 1 aromatic heterocycles. The number of carbonyl (C=O) groups excluding carboxylic acids is 2. The van der Waals surface area contributed by atoms with Gasteiger partial charge >= 0.3 is 5.97 Å². The van der Waals surface area contributed by atoms with Crippen LogP contribution in [0.3, 0.4) is 0 Å². The van der Waals surface area contributed by atoms with Gasteiger partial charge in [-0.1, -0.05) is 0 Å². The lowest BCUT2D eigenvalue weighted by atomic mass is 10.1. The van der Waals surface area contributed by atoms with Crippen molar-refractivity contribution in [2.45, 2.75) is 13.0 Å². The molecule has 0 aliphatic rings. The third-order valence-electron chi connectivity index (χ3n) is 4.25. The van der Waals surface area contributed by atoms with Crippen molar-refractivity contribution < 1.29 is 37.0 Å². The molecule has 0 saturated carbocycles. The van der Waals surface area contributed by atoms with Gasteiger partial charge in [-0.15, -0.1) is 0 Å². The van der Waals surface area contributed by atoms with Crippen LogP contribution in [0.4, 0.5) is 8.78 Å². The number of rotatable bonds is 8. The Morgan fingerprint density at radius 2 is 1.88 bits per heavy atom. The van der Waals surface area contributed by atoms with Crippen LogP contribution in [0.5, 0.6) is 11.5 Å². The molecule has 1 heterocycles. The Morgan fingerprint density at radius 1 is 1.19 bits per heavy atom. The average Bonchev–Trinajstić information content (AvgIpc) is 3.13. The van der Waals surface area contributed by atoms with E-state index in [0.29, 0.717) is 17.0 Å². The predicted octanol–water partition coefficient (Wildman–Crippen LogP) is 4.17. The standard InChI is InChI=1S/C21H17BrF2N2O6/c1-10(27)30-9-15(31-14-8-7-13(23)16(17(14)24)20(25)28)21-26-18(19(22)32-21)11-3-5-12(29-2)6-4-11/h3-8,15H,9H2,1-2H3,(H2,25,28). The molecular weight excluding hydrogens is 494 g/mol. The fourth-order valence-corrected chi connectivity index (χ4v) is 3.22. The summed E-state index contributed by atoms with van der Waals surface area (Å²) in [5, 5.41) is 0. The van der Waals surface area contributed by atoms with Gasteiger partial charge in [0.05, 0.1) is 7.11 Å². The van der Waals surface area contributed by atoms with Crippen LogP contribution < -0.4 is 15.2 Å². The van der Waals surface area contributed by atoms with Gasteiger partial charge in [0.1, 0.15) is 29.4 Å². The first-order chi connectivity index (χ1) is 15.2. The summed E-state index contributed by atoms with van der Waals surface area (Å²) in [6.07, 6.45) is -1.22. The molecule has 8 nitrogen and oxygen atoms in total. The molecule has 0 radical (unpaired) electrons. The van der Waals surface area contributed by atoms with E-state index in [-0.39, 0.29) is 10.6 Å². The number of amides is 1. The molecule has 2 N–H and O–H groups in total. The van der Waals surface area contributed by atoms with E-state index in [0.717, 1.165) is 12.1 Å². The molecule has 0 saturated heterocycles. The third-order valence-corrected chi connectivity index (χ3v) is 4.79. The summed E-state index contributed by atoms with van der Waals surface area (Å²) in [6.45, 7) is 0.780.